The third-order valence-electron chi connectivity index (χ3n) is 2.34. The molecule has 1 heterocycles. The Hall–Kier alpha value is -2.51. The Morgan fingerprint density at radius 3 is 2.83 bits per heavy atom. The SMILES string of the molecule is CCCC(=O)Nc1ccc([N+](=O)[O-])c2nonc12. The smallest absolute Gasteiger partial charge is 0.300 e. The quantitative estimate of drug-likeness (QED) is 0.654. The molecule has 1 aromatic carbocycles. The average Bonchev–Trinajstić information content (AvgIpc) is 2.78. The Morgan fingerprint density at radius 1 is 1.44 bits per heavy atom. The predicted octanol–water partition coefficient (Wildman–Crippen LogP) is 1.87. The molecular formula is C10H10N4O4. The van der Waals surface area contributed by atoms with E-state index in [-0.39, 0.29) is 22.6 Å². The Labute approximate surface area is 101 Å². The summed E-state index contributed by atoms with van der Waals surface area (Å²) in [7, 11) is 0. The van der Waals surface area contributed by atoms with E-state index in [0.717, 1.165) is 0 Å². The first-order valence-corrected chi connectivity index (χ1v) is 5.33. The normalized spacial score (nSPS) is 10.5. The third kappa shape index (κ3) is 2.12. The Kier molecular flexibility index (Phi) is 3.18. The number of nitro groups is 1. The number of fused-ring (bicyclic) bond motifs is 1. The van der Waals surface area contributed by atoms with Crippen LogP contribution in [-0.2, 0) is 4.79 Å². The second-order valence-electron chi connectivity index (χ2n) is 3.65. The van der Waals surface area contributed by atoms with Gasteiger partial charge in [-0.1, -0.05) is 6.92 Å². The van der Waals surface area contributed by atoms with Crippen molar-refractivity contribution in [2.24, 2.45) is 0 Å². The third-order valence-corrected chi connectivity index (χ3v) is 2.34. The number of anilines is 1. The minimum atomic E-state index is -0.579. The van der Waals surface area contributed by atoms with Crippen molar-refractivity contribution in [3.63, 3.8) is 0 Å². The van der Waals surface area contributed by atoms with Crippen LogP contribution in [0.5, 0.6) is 0 Å². The Balaban J connectivity index is 2.42. The molecule has 0 fully saturated rings. The maximum atomic E-state index is 11.5. The zero-order valence-electron chi connectivity index (χ0n) is 9.54. The van der Waals surface area contributed by atoms with E-state index >= 15 is 0 Å². The van der Waals surface area contributed by atoms with Crippen molar-refractivity contribution in [2.75, 3.05) is 5.32 Å². The van der Waals surface area contributed by atoms with E-state index in [1.165, 1.54) is 12.1 Å². The lowest BCUT2D eigenvalue weighted by Gasteiger charge is -2.03. The van der Waals surface area contributed by atoms with Crippen molar-refractivity contribution < 1.29 is 14.3 Å². The molecule has 94 valence electrons. The molecule has 18 heavy (non-hydrogen) atoms. The lowest BCUT2D eigenvalue weighted by molar-refractivity contribution is -0.383. The van der Waals surface area contributed by atoms with Crippen molar-refractivity contribution in [2.45, 2.75) is 19.8 Å². The van der Waals surface area contributed by atoms with Crippen LogP contribution < -0.4 is 5.32 Å². The number of rotatable bonds is 4. The molecule has 8 nitrogen and oxygen atoms in total. The highest BCUT2D eigenvalue weighted by Crippen LogP contribution is 2.28. The molecule has 0 aliphatic carbocycles. The first-order chi connectivity index (χ1) is 8.63. The van der Waals surface area contributed by atoms with E-state index in [1.807, 2.05) is 6.92 Å². The number of amides is 1. The van der Waals surface area contributed by atoms with Gasteiger partial charge in [0.25, 0.3) is 0 Å². The number of aromatic nitrogens is 2. The lowest BCUT2D eigenvalue weighted by Crippen LogP contribution is -2.11. The fourth-order valence-corrected chi connectivity index (χ4v) is 1.54. The first kappa shape index (κ1) is 12.0. The van der Waals surface area contributed by atoms with Gasteiger partial charge in [0.2, 0.25) is 11.4 Å². The van der Waals surface area contributed by atoms with E-state index in [0.29, 0.717) is 18.5 Å². The van der Waals surface area contributed by atoms with Crippen LogP contribution in [0.3, 0.4) is 0 Å². The molecule has 0 unspecified atom stereocenters. The van der Waals surface area contributed by atoms with Crippen molar-refractivity contribution in [1.29, 1.82) is 0 Å². The summed E-state index contributed by atoms with van der Waals surface area (Å²) in [6.45, 7) is 1.88. The van der Waals surface area contributed by atoms with Crippen LogP contribution in [-0.4, -0.2) is 21.1 Å². The predicted molar refractivity (Wildman–Crippen MR) is 62.0 cm³/mol. The fraction of sp³-hybridized carbons (Fsp3) is 0.300. The van der Waals surface area contributed by atoms with Crippen LogP contribution in [0.4, 0.5) is 11.4 Å². The van der Waals surface area contributed by atoms with Crippen LogP contribution in [0.15, 0.2) is 16.8 Å². The van der Waals surface area contributed by atoms with Gasteiger partial charge in [-0.25, -0.2) is 4.63 Å². The lowest BCUT2D eigenvalue weighted by atomic mass is 10.2. The van der Waals surface area contributed by atoms with Gasteiger partial charge in [0.05, 0.1) is 10.6 Å². The molecular weight excluding hydrogens is 240 g/mol. The van der Waals surface area contributed by atoms with Crippen molar-refractivity contribution in [3.05, 3.63) is 22.2 Å². The number of benzene rings is 1. The number of non-ortho nitro benzene ring substituents is 1. The van der Waals surface area contributed by atoms with Crippen LogP contribution in [0.2, 0.25) is 0 Å². The van der Waals surface area contributed by atoms with Crippen LogP contribution >= 0.6 is 0 Å². The molecule has 2 aromatic rings. The second-order valence-corrected chi connectivity index (χ2v) is 3.65. The van der Waals surface area contributed by atoms with Crippen LogP contribution in [0, 0.1) is 10.1 Å². The average molecular weight is 250 g/mol. The topological polar surface area (TPSA) is 111 Å². The maximum Gasteiger partial charge on any atom is 0.300 e. The standard InChI is InChI=1S/C10H10N4O4/c1-2-3-8(15)11-6-4-5-7(14(16)17)10-9(6)12-18-13-10/h4-5H,2-3H2,1H3,(H,11,15). The van der Waals surface area contributed by atoms with Gasteiger partial charge in [-0.15, -0.1) is 0 Å². The molecule has 0 saturated heterocycles. The second kappa shape index (κ2) is 4.78. The highest BCUT2D eigenvalue weighted by molar-refractivity contribution is 6.01. The summed E-state index contributed by atoms with van der Waals surface area (Å²) in [6.07, 6.45) is 1.07. The van der Waals surface area contributed by atoms with Gasteiger partial charge in [-0.05, 0) is 22.8 Å². The minimum Gasteiger partial charge on any atom is -0.324 e. The van der Waals surface area contributed by atoms with E-state index < -0.39 is 4.92 Å². The molecule has 2 rings (SSSR count). The molecule has 1 N–H and O–H groups in total. The molecule has 0 radical (unpaired) electrons. The molecule has 1 amide bonds. The van der Waals surface area contributed by atoms with Gasteiger partial charge < -0.3 is 5.32 Å². The summed E-state index contributed by atoms with van der Waals surface area (Å²) in [5.74, 6) is -0.185. The Bertz CT molecular complexity index is 607. The van der Waals surface area contributed by atoms with E-state index in [4.69, 9.17) is 0 Å². The number of hydrogen-bond acceptors (Lipinski definition) is 6. The van der Waals surface area contributed by atoms with Gasteiger partial charge in [0.1, 0.15) is 0 Å². The van der Waals surface area contributed by atoms with Crippen molar-refractivity contribution in [1.82, 2.24) is 10.3 Å². The summed E-state index contributed by atoms with van der Waals surface area (Å²) in [4.78, 5) is 21.7. The molecule has 0 bridgehead atoms. The molecule has 0 aliphatic heterocycles. The summed E-state index contributed by atoms with van der Waals surface area (Å²) in [6, 6.07) is 2.67. The molecule has 1 aromatic heterocycles. The minimum absolute atomic E-state index is 0.0225. The summed E-state index contributed by atoms with van der Waals surface area (Å²) in [5.41, 5.74) is 0.345. The zero-order valence-corrected chi connectivity index (χ0v) is 9.54. The molecule has 0 saturated carbocycles. The van der Waals surface area contributed by atoms with Crippen molar-refractivity contribution in [3.8, 4) is 0 Å². The van der Waals surface area contributed by atoms with Gasteiger partial charge in [0.15, 0.2) is 5.52 Å². The van der Waals surface area contributed by atoms with Crippen molar-refractivity contribution >= 4 is 28.3 Å². The number of carbonyl (C=O) groups is 1. The van der Waals surface area contributed by atoms with Gasteiger partial charge >= 0.3 is 5.69 Å². The molecule has 0 aliphatic rings. The molecule has 8 heteroatoms. The van der Waals surface area contributed by atoms with E-state index in [9.17, 15) is 14.9 Å². The van der Waals surface area contributed by atoms with Crippen LogP contribution in [0.1, 0.15) is 19.8 Å². The number of hydrogen-bond donors (Lipinski definition) is 1. The molecule has 0 spiro atoms. The number of nitro benzene ring substituents is 1. The summed E-state index contributed by atoms with van der Waals surface area (Å²) in [5, 5.41) is 20.4. The summed E-state index contributed by atoms with van der Waals surface area (Å²) >= 11 is 0. The number of nitrogens with zero attached hydrogens (tertiary/aromatic N) is 3. The maximum absolute atomic E-state index is 11.5. The van der Waals surface area contributed by atoms with Gasteiger partial charge in [-0.3, -0.25) is 14.9 Å². The van der Waals surface area contributed by atoms with Crippen LogP contribution in [0.25, 0.3) is 11.0 Å². The monoisotopic (exact) mass is 250 g/mol. The largest absolute Gasteiger partial charge is 0.324 e. The highest BCUT2D eigenvalue weighted by Gasteiger charge is 2.20. The van der Waals surface area contributed by atoms with E-state index in [1.54, 1.807) is 0 Å². The molecule has 0 atom stereocenters. The van der Waals surface area contributed by atoms with E-state index in [2.05, 4.69) is 20.3 Å². The number of nitrogens with one attached hydrogen (secondary N) is 1. The fourth-order valence-electron chi connectivity index (χ4n) is 1.54. The van der Waals surface area contributed by atoms with Gasteiger partial charge in [-0.2, -0.15) is 0 Å². The Morgan fingerprint density at radius 2 is 2.17 bits per heavy atom. The number of carbonyl (C=O) groups excluding carboxylic acids is 1. The summed E-state index contributed by atoms with van der Waals surface area (Å²) < 4.78 is 4.48. The highest BCUT2D eigenvalue weighted by atomic mass is 16.6. The van der Waals surface area contributed by atoms with Gasteiger partial charge in [0, 0.05) is 12.5 Å². The zero-order chi connectivity index (χ0) is 13.1. The first-order valence-electron chi connectivity index (χ1n) is 5.33.